The molecule has 0 amide bonds. The summed E-state index contributed by atoms with van der Waals surface area (Å²) in [6.07, 6.45) is 5.26. The summed E-state index contributed by atoms with van der Waals surface area (Å²) in [5, 5.41) is 9.78. The van der Waals surface area contributed by atoms with Crippen LogP contribution in [0.25, 0.3) is 10.9 Å². The first-order valence-corrected chi connectivity index (χ1v) is 6.63. The molecule has 2 aromatic rings. The minimum Gasteiger partial charge on any atom is -0.353 e. The third-order valence-corrected chi connectivity index (χ3v) is 3.70. The average molecular weight is 256 g/mol. The van der Waals surface area contributed by atoms with Gasteiger partial charge < -0.3 is 9.97 Å². The van der Waals surface area contributed by atoms with Crippen LogP contribution in [0.3, 0.4) is 0 Å². The van der Waals surface area contributed by atoms with Gasteiger partial charge >= 0.3 is 0 Å². The van der Waals surface area contributed by atoms with E-state index in [2.05, 4.69) is 20.9 Å². The molecule has 0 aliphatic carbocycles. The first kappa shape index (κ1) is 12.0. The molecule has 1 aliphatic heterocycles. The van der Waals surface area contributed by atoms with E-state index in [9.17, 15) is 4.79 Å². The first-order valence-electron chi connectivity index (χ1n) is 6.63. The van der Waals surface area contributed by atoms with Crippen LogP contribution in [0.5, 0.6) is 0 Å². The molecular formula is C14H16N4O. The van der Waals surface area contributed by atoms with Crippen LogP contribution in [-0.4, -0.2) is 28.0 Å². The molecule has 98 valence electrons. The standard InChI is InChI=1S/C14H16N4O/c15-7-10-8-16-14(19)13-12(10)6-11(17-13)9-18-4-2-1-3-5-18/h6,8,17H,1-5,9H2,(H,16,19). The van der Waals surface area contributed by atoms with Crippen LogP contribution in [0.15, 0.2) is 17.1 Å². The summed E-state index contributed by atoms with van der Waals surface area (Å²) >= 11 is 0. The molecule has 2 N–H and O–H groups in total. The SMILES string of the molecule is N#Cc1c[nH]c(=O)c2[nH]c(CN3CCCCC3)cc12. The number of piperidine rings is 1. The topological polar surface area (TPSA) is 75.7 Å². The summed E-state index contributed by atoms with van der Waals surface area (Å²) in [6, 6.07) is 4.04. The highest BCUT2D eigenvalue weighted by Gasteiger charge is 2.13. The van der Waals surface area contributed by atoms with Crippen LogP contribution >= 0.6 is 0 Å². The molecule has 1 aliphatic rings. The Labute approximate surface area is 110 Å². The maximum absolute atomic E-state index is 11.7. The minimum absolute atomic E-state index is 0.168. The van der Waals surface area contributed by atoms with E-state index in [1.165, 1.54) is 25.5 Å². The number of nitrogens with one attached hydrogen (secondary N) is 2. The number of hydrogen-bond acceptors (Lipinski definition) is 3. The number of nitrogens with zero attached hydrogens (tertiary/aromatic N) is 2. The molecule has 1 fully saturated rings. The zero-order chi connectivity index (χ0) is 13.2. The molecule has 0 spiro atoms. The van der Waals surface area contributed by atoms with Gasteiger partial charge in [-0.1, -0.05) is 6.42 Å². The highest BCUT2D eigenvalue weighted by atomic mass is 16.1. The second-order valence-electron chi connectivity index (χ2n) is 5.06. The van der Waals surface area contributed by atoms with E-state index < -0.39 is 0 Å². The van der Waals surface area contributed by atoms with Crippen LogP contribution in [0.4, 0.5) is 0 Å². The summed E-state index contributed by atoms with van der Waals surface area (Å²) in [4.78, 5) is 19.9. The van der Waals surface area contributed by atoms with E-state index >= 15 is 0 Å². The maximum Gasteiger partial charge on any atom is 0.272 e. The number of likely N-dealkylation sites (tertiary alicyclic amines) is 1. The lowest BCUT2D eigenvalue weighted by atomic mass is 10.1. The first-order chi connectivity index (χ1) is 9.28. The fourth-order valence-electron chi connectivity index (χ4n) is 2.73. The van der Waals surface area contributed by atoms with Crippen molar-refractivity contribution in [3.8, 4) is 6.07 Å². The number of H-pyrrole nitrogens is 2. The monoisotopic (exact) mass is 256 g/mol. The summed E-state index contributed by atoms with van der Waals surface area (Å²) in [7, 11) is 0. The maximum atomic E-state index is 11.7. The van der Waals surface area contributed by atoms with Crippen molar-refractivity contribution in [2.24, 2.45) is 0 Å². The number of hydrogen-bond donors (Lipinski definition) is 2. The summed E-state index contributed by atoms with van der Waals surface area (Å²) in [6.45, 7) is 3.03. The lowest BCUT2D eigenvalue weighted by Crippen LogP contribution is -2.29. The smallest absolute Gasteiger partial charge is 0.272 e. The number of aromatic nitrogens is 2. The van der Waals surface area contributed by atoms with Gasteiger partial charge in [0.15, 0.2) is 0 Å². The van der Waals surface area contributed by atoms with Gasteiger partial charge in [0.25, 0.3) is 5.56 Å². The Kier molecular flexibility index (Phi) is 3.10. The number of rotatable bonds is 2. The average Bonchev–Trinajstić information content (AvgIpc) is 2.85. The summed E-state index contributed by atoms with van der Waals surface area (Å²) < 4.78 is 0. The lowest BCUT2D eigenvalue weighted by Gasteiger charge is -2.25. The van der Waals surface area contributed by atoms with Crippen molar-refractivity contribution in [1.82, 2.24) is 14.9 Å². The molecule has 0 saturated carbocycles. The molecular weight excluding hydrogens is 240 g/mol. The van der Waals surface area contributed by atoms with Gasteiger partial charge in [-0.2, -0.15) is 5.26 Å². The zero-order valence-electron chi connectivity index (χ0n) is 10.7. The highest BCUT2D eigenvalue weighted by molar-refractivity contribution is 5.85. The molecule has 0 radical (unpaired) electrons. The third-order valence-electron chi connectivity index (χ3n) is 3.70. The van der Waals surface area contributed by atoms with Crippen LogP contribution in [0.2, 0.25) is 0 Å². The molecule has 3 rings (SSSR count). The Hall–Kier alpha value is -2.06. The largest absolute Gasteiger partial charge is 0.353 e. The highest BCUT2D eigenvalue weighted by Crippen LogP contribution is 2.18. The number of fused-ring (bicyclic) bond motifs is 1. The molecule has 1 saturated heterocycles. The van der Waals surface area contributed by atoms with Crippen molar-refractivity contribution in [3.63, 3.8) is 0 Å². The van der Waals surface area contributed by atoms with Crippen LogP contribution in [-0.2, 0) is 6.54 Å². The van der Waals surface area contributed by atoms with E-state index in [1.807, 2.05) is 6.07 Å². The predicted octanol–water partition coefficient (Wildman–Crippen LogP) is 1.71. The van der Waals surface area contributed by atoms with Gasteiger partial charge in [0.1, 0.15) is 11.6 Å². The van der Waals surface area contributed by atoms with E-state index in [0.29, 0.717) is 11.1 Å². The summed E-state index contributed by atoms with van der Waals surface area (Å²) in [5.74, 6) is 0. The van der Waals surface area contributed by atoms with Gasteiger partial charge in [0.05, 0.1) is 5.56 Å². The Morgan fingerprint density at radius 1 is 1.32 bits per heavy atom. The zero-order valence-corrected chi connectivity index (χ0v) is 10.7. The van der Waals surface area contributed by atoms with E-state index in [4.69, 9.17) is 5.26 Å². The quantitative estimate of drug-likeness (QED) is 0.859. The van der Waals surface area contributed by atoms with Crippen molar-refractivity contribution >= 4 is 10.9 Å². The molecule has 5 nitrogen and oxygen atoms in total. The van der Waals surface area contributed by atoms with Crippen LogP contribution in [0.1, 0.15) is 30.5 Å². The van der Waals surface area contributed by atoms with Crippen molar-refractivity contribution in [3.05, 3.63) is 33.9 Å². The molecule has 5 heteroatoms. The van der Waals surface area contributed by atoms with Gasteiger partial charge in [-0.15, -0.1) is 0 Å². The fraction of sp³-hybridized carbons (Fsp3) is 0.429. The number of aromatic amines is 2. The number of nitriles is 1. The predicted molar refractivity (Wildman–Crippen MR) is 72.8 cm³/mol. The Balaban J connectivity index is 1.95. The molecule has 0 bridgehead atoms. The number of pyridine rings is 1. The molecule has 0 atom stereocenters. The summed E-state index contributed by atoms with van der Waals surface area (Å²) in [5.41, 5.74) is 1.85. The Bertz CT molecular complexity index is 686. The van der Waals surface area contributed by atoms with E-state index in [-0.39, 0.29) is 5.56 Å². The van der Waals surface area contributed by atoms with Crippen molar-refractivity contribution in [2.45, 2.75) is 25.8 Å². The minimum atomic E-state index is -0.168. The van der Waals surface area contributed by atoms with Gasteiger partial charge in [-0.3, -0.25) is 9.69 Å². The Morgan fingerprint density at radius 2 is 2.11 bits per heavy atom. The molecule has 0 unspecified atom stereocenters. The van der Waals surface area contributed by atoms with Crippen molar-refractivity contribution < 1.29 is 0 Å². The Morgan fingerprint density at radius 3 is 2.84 bits per heavy atom. The van der Waals surface area contributed by atoms with E-state index in [1.54, 1.807) is 0 Å². The van der Waals surface area contributed by atoms with Crippen LogP contribution in [0, 0.1) is 11.3 Å². The second kappa shape index (κ2) is 4.90. The molecule has 3 heterocycles. The van der Waals surface area contributed by atoms with Crippen molar-refractivity contribution in [1.29, 1.82) is 5.26 Å². The van der Waals surface area contributed by atoms with Gasteiger partial charge in [0.2, 0.25) is 0 Å². The lowest BCUT2D eigenvalue weighted by molar-refractivity contribution is 0.219. The fourth-order valence-corrected chi connectivity index (χ4v) is 2.73. The molecule has 19 heavy (non-hydrogen) atoms. The van der Waals surface area contributed by atoms with Gasteiger partial charge in [-0.25, -0.2) is 0 Å². The van der Waals surface area contributed by atoms with Gasteiger partial charge in [-0.05, 0) is 32.0 Å². The second-order valence-corrected chi connectivity index (χ2v) is 5.06. The molecule has 0 aromatic carbocycles. The third kappa shape index (κ3) is 2.27. The van der Waals surface area contributed by atoms with Gasteiger partial charge in [0, 0.05) is 23.8 Å². The van der Waals surface area contributed by atoms with Crippen LogP contribution < -0.4 is 5.56 Å². The van der Waals surface area contributed by atoms with Crippen molar-refractivity contribution in [2.75, 3.05) is 13.1 Å². The molecule has 2 aromatic heterocycles. The normalized spacial score (nSPS) is 16.6. The van der Waals surface area contributed by atoms with E-state index in [0.717, 1.165) is 30.7 Å².